The van der Waals surface area contributed by atoms with E-state index in [0.717, 1.165) is 4.90 Å². The molecule has 1 heterocycles. The van der Waals surface area contributed by atoms with Gasteiger partial charge in [-0.15, -0.1) is 0 Å². The Bertz CT molecular complexity index is 454. The summed E-state index contributed by atoms with van der Waals surface area (Å²) in [7, 11) is 0. The second-order valence-corrected chi connectivity index (χ2v) is 5.39. The van der Waals surface area contributed by atoms with Crippen molar-refractivity contribution in [3.05, 3.63) is 22.4 Å². The lowest BCUT2D eigenvalue weighted by Gasteiger charge is -2.23. The molecule has 0 radical (unpaired) electrons. The van der Waals surface area contributed by atoms with Gasteiger partial charge in [0.05, 0.1) is 0 Å². The first-order valence-corrected chi connectivity index (χ1v) is 6.68. The van der Waals surface area contributed by atoms with E-state index in [1.54, 1.807) is 16.8 Å². The Labute approximate surface area is 118 Å². The number of rotatable bonds is 4. The molecule has 0 aliphatic carbocycles. The Kier molecular flexibility index (Phi) is 5.06. The van der Waals surface area contributed by atoms with Crippen molar-refractivity contribution in [2.45, 2.75) is 33.0 Å². The van der Waals surface area contributed by atoms with Crippen LogP contribution >= 0.6 is 15.9 Å². The number of nitrogens with zero attached hydrogens (tertiary/aromatic N) is 2. The van der Waals surface area contributed by atoms with Gasteiger partial charge < -0.3 is 9.47 Å². The third kappa shape index (κ3) is 4.26. The van der Waals surface area contributed by atoms with E-state index in [0.29, 0.717) is 4.47 Å². The van der Waals surface area contributed by atoms with Crippen LogP contribution in [0.1, 0.15) is 37.3 Å². The molecule has 1 aromatic rings. The number of hydrogen-bond donors (Lipinski definition) is 0. The highest BCUT2D eigenvalue weighted by atomic mass is 79.9. The summed E-state index contributed by atoms with van der Waals surface area (Å²) in [4.78, 5) is 13.0. The number of carbonyl (C=O) groups excluding carboxylic acids is 1. The van der Waals surface area contributed by atoms with E-state index < -0.39 is 18.6 Å². The Morgan fingerprint density at radius 1 is 1.47 bits per heavy atom. The van der Waals surface area contributed by atoms with Crippen LogP contribution < -0.4 is 0 Å². The van der Waals surface area contributed by atoms with Gasteiger partial charge in [0.25, 0.3) is 5.91 Å². The fourth-order valence-electron chi connectivity index (χ4n) is 1.75. The fourth-order valence-corrected chi connectivity index (χ4v) is 2.19. The van der Waals surface area contributed by atoms with Crippen molar-refractivity contribution in [2.75, 3.05) is 13.1 Å². The molecule has 108 valence electrons. The molecule has 0 fully saturated rings. The number of alkyl halides is 3. The van der Waals surface area contributed by atoms with Gasteiger partial charge in [0.1, 0.15) is 12.2 Å². The van der Waals surface area contributed by atoms with Crippen molar-refractivity contribution in [1.29, 1.82) is 0 Å². The normalized spacial score (nSPS) is 12.0. The minimum absolute atomic E-state index is 0.00478. The number of carbonyl (C=O) groups is 1. The summed E-state index contributed by atoms with van der Waals surface area (Å²) in [5, 5.41) is 0. The van der Waals surface area contributed by atoms with E-state index in [1.165, 1.54) is 6.92 Å². The van der Waals surface area contributed by atoms with Crippen molar-refractivity contribution in [3.8, 4) is 0 Å². The maximum Gasteiger partial charge on any atom is 0.406 e. The first-order chi connectivity index (χ1) is 8.65. The zero-order valence-electron chi connectivity index (χ0n) is 11.0. The molecule has 0 aliphatic rings. The van der Waals surface area contributed by atoms with Crippen LogP contribution in [0.3, 0.4) is 0 Å². The van der Waals surface area contributed by atoms with Crippen LogP contribution in [-0.2, 0) is 0 Å². The van der Waals surface area contributed by atoms with Crippen molar-refractivity contribution in [1.82, 2.24) is 9.47 Å². The van der Waals surface area contributed by atoms with Crippen LogP contribution in [0.5, 0.6) is 0 Å². The topological polar surface area (TPSA) is 25.2 Å². The zero-order valence-corrected chi connectivity index (χ0v) is 12.5. The van der Waals surface area contributed by atoms with Gasteiger partial charge >= 0.3 is 6.18 Å². The summed E-state index contributed by atoms with van der Waals surface area (Å²) in [5.41, 5.74) is 0.257. The second-order valence-electron chi connectivity index (χ2n) is 4.48. The van der Waals surface area contributed by atoms with E-state index >= 15 is 0 Å². The monoisotopic (exact) mass is 340 g/mol. The predicted octanol–water partition coefficient (Wildman–Crippen LogP) is 3.86. The van der Waals surface area contributed by atoms with Crippen LogP contribution in [0, 0.1) is 0 Å². The van der Waals surface area contributed by atoms with Gasteiger partial charge in [-0.05, 0) is 42.8 Å². The minimum Gasteiger partial charge on any atom is -0.340 e. The van der Waals surface area contributed by atoms with Crippen molar-refractivity contribution >= 4 is 21.8 Å². The molecule has 1 amide bonds. The lowest BCUT2D eigenvalue weighted by Crippen LogP contribution is -2.39. The quantitative estimate of drug-likeness (QED) is 0.817. The third-order valence-corrected chi connectivity index (χ3v) is 3.06. The number of hydrogen-bond acceptors (Lipinski definition) is 1. The Balaban J connectivity index is 3.04. The molecule has 0 saturated carbocycles. The molecule has 7 heteroatoms. The van der Waals surface area contributed by atoms with Crippen molar-refractivity contribution in [2.24, 2.45) is 0 Å². The van der Waals surface area contributed by atoms with Gasteiger partial charge in [-0.3, -0.25) is 4.79 Å². The van der Waals surface area contributed by atoms with Crippen LogP contribution in [-0.4, -0.2) is 34.6 Å². The van der Waals surface area contributed by atoms with Crippen LogP contribution in [0.4, 0.5) is 13.2 Å². The van der Waals surface area contributed by atoms with E-state index in [9.17, 15) is 18.0 Å². The number of amides is 1. The van der Waals surface area contributed by atoms with Gasteiger partial charge in [-0.1, -0.05) is 0 Å². The molecule has 0 unspecified atom stereocenters. The average molecular weight is 341 g/mol. The van der Waals surface area contributed by atoms with E-state index in [1.807, 2.05) is 13.8 Å². The molecule has 1 aromatic heterocycles. The van der Waals surface area contributed by atoms with Crippen LogP contribution in [0.25, 0.3) is 0 Å². The second kappa shape index (κ2) is 5.98. The highest BCUT2D eigenvalue weighted by molar-refractivity contribution is 9.10. The van der Waals surface area contributed by atoms with Gasteiger partial charge in [-0.25, -0.2) is 0 Å². The summed E-state index contributed by atoms with van der Waals surface area (Å²) in [6.45, 7) is 4.04. The molecule has 1 rings (SSSR count). The van der Waals surface area contributed by atoms with Crippen molar-refractivity contribution in [3.63, 3.8) is 0 Å². The van der Waals surface area contributed by atoms with Gasteiger partial charge in [0.15, 0.2) is 0 Å². The van der Waals surface area contributed by atoms with Gasteiger partial charge in [0.2, 0.25) is 0 Å². The minimum atomic E-state index is -4.39. The molecular weight excluding hydrogens is 325 g/mol. The Morgan fingerprint density at radius 3 is 2.47 bits per heavy atom. The average Bonchev–Trinajstić information content (AvgIpc) is 2.66. The molecule has 19 heavy (non-hydrogen) atoms. The SMILES string of the molecule is CCN(CC(F)(F)F)C(=O)c1cc(Br)cn1C(C)C. The maximum atomic E-state index is 12.4. The van der Waals surface area contributed by atoms with E-state index in [4.69, 9.17) is 0 Å². The molecule has 0 N–H and O–H groups in total. The number of halogens is 4. The van der Waals surface area contributed by atoms with Crippen molar-refractivity contribution < 1.29 is 18.0 Å². The van der Waals surface area contributed by atoms with E-state index in [-0.39, 0.29) is 18.3 Å². The first kappa shape index (κ1) is 16.1. The lowest BCUT2D eigenvalue weighted by molar-refractivity contribution is -0.140. The molecule has 3 nitrogen and oxygen atoms in total. The van der Waals surface area contributed by atoms with E-state index in [2.05, 4.69) is 15.9 Å². The smallest absolute Gasteiger partial charge is 0.340 e. The largest absolute Gasteiger partial charge is 0.406 e. The predicted molar refractivity (Wildman–Crippen MR) is 70.1 cm³/mol. The van der Waals surface area contributed by atoms with Gasteiger partial charge in [-0.2, -0.15) is 13.2 Å². The summed E-state index contributed by atoms with van der Waals surface area (Å²) in [6, 6.07) is 1.54. The molecular formula is C12H16BrF3N2O. The zero-order chi connectivity index (χ0) is 14.8. The third-order valence-electron chi connectivity index (χ3n) is 2.63. The molecule has 0 saturated heterocycles. The molecule has 0 atom stereocenters. The highest BCUT2D eigenvalue weighted by Gasteiger charge is 2.33. The maximum absolute atomic E-state index is 12.4. The lowest BCUT2D eigenvalue weighted by atomic mass is 10.3. The van der Waals surface area contributed by atoms with Gasteiger partial charge in [0, 0.05) is 23.3 Å². The summed E-state index contributed by atoms with van der Waals surface area (Å²) >= 11 is 3.24. The molecule has 0 aliphatic heterocycles. The summed E-state index contributed by atoms with van der Waals surface area (Å²) < 4.78 is 39.6. The molecule has 0 spiro atoms. The Hall–Kier alpha value is -0.980. The molecule has 0 bridgehead atoms. The first-order valence-electron chi connectivity index (χ1n) is 5.89. The Morgan fingerprint density at radius 2 is 2.05 bits per heavy atom. The summed E-state index contributed by atoms with van der Waals surface area (Å²) in [5.74, 6) is -0.612. The highest BCUT2D eigenvalue weighted by Crippen LogP contribution is 2.23. The standard InChI is InChI=1S/C12H16BrF3N2O/c1-4-17(7-12(14,15)16)11(19)10-5-9(13)6-18(10)8(2)3/h5-6,8H,4,7H2,1-3H3. The number of aromatic nitrogens is 1. The molecule has 0 aromatic carbocycles. The van der Waals surface area contributed by atoms with Crippen LogP contribution in [0.15, 0.2) is 16.7 Å². The fraction of sp³-hybridized carbons (Fsp3) is 0.583. The van der Waals surface area contributed by atoms with Crippen LogP contribution in [0.2, 0.25) is 0 Å². The summed E-state index contributed by atoms with van der Waals surface area (Å²) in [6.07, 6.45) is -2.70.